The smallest absolute Gasteiger partial charge is 0.330 e. The van der Waals surface area contributed by atoms with Crippen LogP contribution in [0.15, 0.2) is 36.4 Å². The third kappa shape index (κ3) is 5.34. The molecule has 1 aromatic rings. The molecule has 0 aliphatic carbocycles. The van der Waals surface area contributed by atoms with Crippen molar-refractivity contribution in [3.8, 4) is 0 Å². The van der Waals surface area contributed by atoms with Crippen LogP contribution in [0.2, 0.25) is 5.02 Å². The minimum atomic E-state index is -0.302. The highest BCUT2D eigenvalue weighted by atomic mass is 35.5. The van der Waals surface area contributed by atoms with E-state index in [-0.39, 0.29) is 5.97 Å². The van der Waals surface area contributed by atoms with E-state index in [2.05, 4.69) is 4.90 Å². The quantitative estimate of drug-likeness (QED) is 0.586. The highest BCUT2D eigenvalue weighted by molar-refractivity contribution is 6.31. The van der Waals surface area contributed by atoms with Gasteiger partial charge in [-0.05, 0) is 25.6 Å². The van der Waals surface area contributed by atoms with Crippen molar-refractivity contribution in [2.45, 2.75) is 13.5 Å². The number of esters is 1. The van der Waals surface area contributed by atoms with E-state index < -0.39 is 0 Å². The summed E-state index contributed by atoms with van der Waals surface area (Å²) >= 11 is 6.08. The summed E-state index contributed by atoms with van der Waals surface area (Å²) in [5.74, 6) is -0.302. The van der Waals surface area contributed by atoms with Gasteiger partial charge in [0.25, 0.3) is 0 Å². The van der Waals surface area contributed by atoms with Gasteiger partial charge in [-0.3, -0.25) is 4.90 Å². The molecule has 0 aliphatic heterocycles. The van der Waals surface area contributed by atoms with E-state index in [1.807, 2.05) is 31.3 Å². The first-order chi connectivity index (χ1) is 8.63. The molecule has 0 fully saturated rings. The lowest BCUT2D eigenvalue weighted by Gasteiger charge is -2.15. The molecule has 0 unspecified atom stereocenters. The van der Waals surface area contributed by atoms with Gasteiger partial charge in [-0.2, -0.15) is 0 Å². The summed E-state index contributed by atoms with van der Waals surface area (Å²) in [6, 6.07) is 7.74. The van der Waals surface area contributed by atoms with Crippen LogP contribution in [-0.4, -0.2) is 31.1 Å². The van der Waals surface area contributed by atoms with Crippen molar-refractivity contribution in [3.05, 3.63) is 47.0 Å². The van der Waals surface area contributed by atoms with Crippen LogP contribution in [-0.2, 0) is 16.1 Å². The van der Waals surface area contributed by atoms with Crippen molar-refractivity contribution in [1.82, 2.24) is 4.90 Å². The molecule has 0 spiro atoms. The maximum Gasteiger partial charge on any atom is 0.330 e. The first-order valence-electron chi connectivity index (χ1n) is 5.88. The minimum Gasteiger partial charge on any atom is -0.463 e. The molecule has 0 atom stereocenters. The molecule has 98 valence electrons. The van der Waals surface area contributed by atoms with Crippen molar-refractivity contribution < 1.29 is 9.53 Å². The molecule has 18 heavy (non-hydrogen) atoms. The molecule has 0 aromatic heterocycles. The van der Waals surface area contributed by atoms with Gasteiger partial charge in [0.1, 0.15) is 0 Å². The fourth-order valence-corrected chi connectivity index (χ4v) is 1.70. The fourth-order valence-electron chi connectivity index (χ4n) is 1.50. The Morgan fingerprint density at radius 1 is 1.44 bits per heavy atom. The number of carbonyl (C=O) groups is 1. The number of hydrogen-bond donors (Lipinski definition) is 0. The van der Waals surface area contributed by atoms with Crippen molar-refractivity contribution in [1.29, 1.82) is 0 Å². The Balaban J connectivity index is 2.40. The van der Waals surface area contributed by atoms with Crippen LogP contribution in [0.1, 0.15) is 12.5 Å². The van der Waals surface area contributed by atoms with Gasteiger partial charge in [0.2, 0.25) is 0 Å². The van der Waals surface area contributed by atoms with Crippen molar-refractivity contribution >= 4 is 17.6 Å². The summed E-state index contributed by atoms with van der Waals surface area (Å²) in [5.41, 5.74) is 1.08. The normalized spacial score (nSPS) is 11.1. The van der Waals surface area contributed by atoms with E-state index >= 15 is 0 Å². The number of likely N-dealkylation sites (N-methyl/N-ethyl adjacent to an activating group) is 1. The van der Waals surface area contributed by atoms with Gasteiger partial charge in [0.05, 0.1) is 6.61 Å². The van der Waals surface area contributed by atoms with Crippen molar-refractivity contribution in [3.63, 3.8) is 0 Å². The monoisotopic (exact) mass is 267 g/mol. The first-order valence-corrected chi connectivity index (χ1v) is 6.26. The Labute approximate surface area is 113 Å². The third-order valence-electron chi connectivity index (χ3n) is 2.36. The number of hydrogen-bond acceptors (Lipinski definition) is 3. The molecule has 0 radical (unpaired) electrons. The summed E-state index contributed by atoms with van der Waals surface area (Å²) < 4.78 is 4.80. The first kappa shape index (κ1) is 14.7. The lowest BCUT2D eigenvalue weighted by atomic mass is 10.2. The zero-order chi connectivity index (χ0) is 13.4. The summed E-state index contributed by atoms with van der Waals surface area (Å²) in [4.78, 5) is 13.2. The van der Waals surface area contributed by atoms with Crippen LogP contribution in [0.4, 0.5) is 0 Å². The maximum atomic E-state index is 11.1. The van der Waals surface area contributed by atoms with Gasteiger partial charge in [0.15, 0.2) is 0 Å². The highest BCUT2D eigenvalue weighted by Crippen LogP contribution is 2.16. The summed E-state index contributed by atoms with van der Waals surface area (Å²) in [5, 5.41) is 0.763. The summed E-state index contributed by atoms with van der Waals surface area (Å²) in [7, 11) is 1.97. The van der Waals surface area contributed by atoms with Gasteiger partial charge in [-0.1, -0.05) is 35.9 Å². The standard InChI is InChI=1S/C14H18ClNO2/c1-3-18-14(17)9-6-10-16(2)11-12-7-4-5-8-13(12)15/h4-9H,3,10-11H2,1-2H3/b9-6+. The molecule has 3 nitrogen and oxygen atoms in total. The molecule has 1 rings (SSSR count). The van der Waals surface area contributed by atoms with Gasteiger partial charge in [0, 0.05) is 24.2 Å². The van der Waals surface area contributed by atoms with Crippen LogP contribution in [0.5, 0.6) is 0 Å². The van der Waals surface area contributed by atoms with E-state index in [1.165, 1.54) is 6.08 Å². The second-order valence-corrected chi connectivity index (χ2v) is 4.35. The molecule has 1 aromatic carbocycles. The SMILES string of the molecule is CCOC(=O)/C=C/CN(C)Cc1ccccc1Cl. The molecular weight excluding hydrogens is 250 g/mol. The summed E-state index contributed by atoms with van der Waals surface area (Å²) in [6.45, 7) is 3.60. The fraction of sp³-hybridized carbons (Fsp3) is 0.357. The molecule has 0 saturated heterocycles. The Morgan fingerprint density at radius 3 is 2.83 bits per heavy atom. The van der Waals surface area contributed by atoms with E-state index in [0.717, 1.165) is 17.1 Å². The van der Waals surface area contributed by atoms with Crippen LogP contribution in [0.25, 0.3) is 0 Å². The van der Waals surface area contributed by atoms with Gasteiger partial charge in [-0.25, -0.2) is 4.79 Å². The van der Waals surface area contributed by atoms with E-state index in [4.69, 9.17) is 16.3 Å². The Hall–Kier alpha value is -1.32. The molecular formula is C14H18ClNO2. The highest BCUT2D eigenvalue weighted by Gasteiger charge is 2.02. The van der Waals surface area contributed by atoms with Crippen molar-refractivity contribution in [2.75, 3.05) is 20.2 Å². The van der Waals surface area contributed by atoms with E-state index in [0.29, 0.717) is 13.2 Å². The number of rotatable bonds is 6. The lowest BCUT2D eigenvalue weighted by molar-refractivity contribution is -0.137. The second kappa shape index (κ2) is 7.90. The topological polar surface area (TPSA) is 29.5 Å². The zero-order valence-corrected chi connectivity index (χ0v) is 11.5. The van der Waals surface area contributed by atoms with Gasteiger partial charge < -0.3 is 4.74 Å². The van der Waals surface area contributed by atoms with E-state index in [9.17, 15) is 4.79 Å². The molecule has 0 amide bonds. The van der Waals surface area contributed by atoms with Crippen LogP contribution in [0, 0.1) is 0 Å². The van der Waals surface area contributed by atoms with Crippen molar-refractivity contribution in [2.24, 2.45) is 0 Å². The number of carbonyl (C=O) groups excluding carboxylic acids is 1. The van der Waals surface area contributed by atoms with Gasteiger partial charge in [-0.15, -0.1) is 0 Å². The molecule has 0 saturated carbocycles. The number of benzene rings is 1. The molecule has 0 aliphatic rings. The largest absolute Gasteiger partial charge is 0.463 e. The molecule has 0 heterocycles. The predicted molar refractivity (Wildman–Crippen MR) is 73.6 cm³/mol. The zero-order valence-electron chi connectivity index (χ0n) is 10.7. The van der Waals surface area contributed by atoms with Crippen LogP contribution in [0.3, 0.4) is 0 Å². The molecule has 0 N–H and O–H groups in total. The average Bonchev–Trinajstić information content (AvgIpc) is 2.32. The Morgan fingerprint density at radius 2 is 2.17 bits per heavy atom. The number of nitrogens with zero attached hydrogens (tertiary/aromatic N) is 1. The minimum absolute atomic E-state index is 0.302. The second-order valence-electron chi connectivity index (χ2n) is 3.94. The molecule has 4 heteroatoms. The van der Waals surface area contributed by atoms with Crippen LogP contribution >= 0.6 is 11.6 Å². The number of ether oxygens (including phenoxy) is 1. The molecule has 0 bridgehead atoms. The van der Waals surface area contributed by atoms with Gasteiger partial charge >= 0.3 is 5.97 Å². The maximum absolute atomic E-state index is 11.1. The van der Waals surface area contributed by atoms with Crippen LogP contribution < -0.4 is 0 Å². The lowest BCUT2D eigenvalue weighted by Crippen LogP contribution is -2.18. The number of halogens is 1. The Kier molecular flexibility index (Phi) is 6.47. The predicted octanol–water partition coefficient (Wildman–Crippen LogP) is 2.89. The summed E-state index contributed by atoms with van der Waals surface area (Å²) in [6.07, 6.45) is 3.24. The van der Waals surface area contributed by atoms with E-state index in [1.54, 1.807) is 13.0 Å². The Bertz CT molecular complexity index is 418. The average molecular weight is 268 g/mol. The third-order valence-corrected chi connectivity index (χ3v) is 2.72.